The number of rotatable bonds is 3. The number of hydrogen-bond donors (Lipinski definition) is 2. The Labute approximate surface area is 96.9 Å². The van der Waals surface area contributed by atoms with Crippen molar-refractivity contribution in [1.29, 1.82) is 0 Å². The topological polar surface area (TPSA) is 40.5 Å². The monoisotopic (exact) mass is 222 g/mol. The first-order chi connectivity index (χ1) is 7.31. The second kappa shape index (κ2) is 5.02. The molecule has 0 atom stereocenters. The highest BCUT2D eigenvalue weighted by atomic mass is 19.1. The fourth-order valence-electron chi connectivity index (χ4n) is 1.50. The minimum Gasteiger partial charge on any atom is -0.423 e. The first kappa shape index (κ1) is 13.3. The minimum absolute atomic E-state index is 0.0496. The van der Waals surface area contributed by atoms with Crippen molar-refractivity contribution in [2.24, 2.45) is 0 Å². The van der Waals surface area contributed by atoms with Gasteiger partial charge in [-0.1, -0.05) is 44.3 Å². The number of halogens is 1. The van der Waals surface area contributed by atoms with Crippen molar-refractivity contribution in [3.8, 4) is 0 Å². The molecule has 0 bridgehead atoms. The van der Waals surface area contributed by atoms with E-state index in [2.05, 4.69) is 20.8 Å². The zero-order chi connectivity index (χ0) is 12.3. The second-order valence-corrected chi connectivity index (χ2v) is 5.25. The molecule has 0 radical (unpaired) electrons. The van der Waals surface area contributed by atoms with E-state index in [1.165, 1.54) is 6.07 Å². The van der Waals surface area contributed by atoms with Crippen LogP contribution in [0.2, 0.25) is 5.31 Å². The summed E-state index contributed by atoms with van der Waals surface area (Å²) in [5, 5.41) is 18.1. The van der Waals surface area contributed by atoms with E-state index in [1.807, 2.05) is 0 Å². The van der Waals surface area contributed by atoms with E-state index < -0.39 is 12.9 Å². The summed E-state index contributed by atoms with van der Waals surface area (Å²) in [6, 6.07) is 4.73. The number of benzene rings is 1. The Morgan fingerprint density at radius 1 is 1.31 bits per heavy atom. The fourth-order valence-corrected chi connectivity index (χ4v) is 1.50. The van der Waals surface area contributed by atoms with Gasteiger partial charge in [0.25, 0.3) is 0 Å². The normalized spacial score (nSPS) is 11.4. The SMILES string of the molecule is CC(C)(C)BCc1cccc(B(O)O)c1F. The van der Waals surface area contributed by atoms with Crippen LogP contribution in [0, 0.1) is 5.82 Å². The van der Waals surface area contributed by atoms with Gasteiger partial charge in [0, 0.05) is 5.46 Å². The van der Waals surface area contributed by atoms with Gasteiger partial charge in [0.05, 0.1) is 0 Å². The second-order valence-electron chi connectivity index (χ2n) is 5.25. The van der Waals surface area contributed by atoms with Gasteiger partial charge in [0.1, 0.15) is 13.1 Å². The van der Waals surface area contributed by atoms with Crippen LogP contribution in [0.4, 0.5) is 4.39 Å². The Kier molecular flexibility index (Phi) is 4.16. The molecule has 1 aromatic carbocycles. The van der Waals surface area contributed by atoms with Crippen molar-refractivity contribution < 1.29 is 14.4 Å². The highest BCUT2D eigenvalue weighted by Gasteiger charge is 2.20. The molecule has 0 aliphatic heterocycles. The largest absolute Gasteiger partial charge is 0.491 e. The molecular weight excluding hydrogens is 205 g/mol. The summed E-state index contributed by atoms with van der Waals surface area (Å²) in [5.41, 5.74) is 0.493. The average Bonchev–Trinajstić information content (AvgIpc) is 2.14. The third kappa shape index (κ3) is 3.65. The molecule has 16 heavy (non-hydrogen) atoms. The molecule has 0 aliphatic rings. The van der Waals surface area contributed by atoms with Gasteiger partial charge < -0.3 is 10.0 Å². The Morgan fingerprint density at radius 3 is 2.44 bits per heavy atom. The highest BCUT2D eigenvalue weighted by molar-refractivity contribution is 6.58. The molecule has 0 saturated heterocycles. The molecule has 2 N–H and O–H groups in total. The van der Waals surface area contributed by atoms with Crippen molar-refractivity contribution in [2.75, 3.05) is 0 Å². The van der Waals surface area contributed by atoms with Gasteiger partial charge in [-0.05, 0) is 11.9 Å². The third-order valence-electron chi connectivity index (χ3n) is 2.53. The van der Waals surface area contributed by atoms with Crippen molar-refractivity contribution in [3.63, 3.8) is 0 Å². The lowest BCUT2D eigenvalue weighted by Gasteiger charge is -2.16. The molecule has 86 valence electrons. The van der Waals surface area contributed by atoms with E-state index in [0.29, 0.717) is 11.9 Å². The zero-order valence-corrected chi connectivity index (χ0v) is 10.00. The van der Waals surface area contributed by atoms with Crippen LogP contribution in [0.5, 0.6) is 0 Å². The average molecular weight is 222 g/mol. The molecule has 0 unspecified atom stereocenters. The molecule has 1 rings (SSSR count). The summed E-state index contributed by atoms with van der Waals surface area (Å²) >= 11 is 0. The van der Waals surface area contributed by atoms with Gasteiger partial charge in [-0.3, -0.25) is 0 Å². The molecule has 5 heteroatoms. The Balaban J connectivity index is 2.85. The molecular formula is C11H17B2FO2. The first-order valence-electron chi connectivity index (χ1n) is 5.45. The van der Waals surface area contributed by atoms with E-state index in [0.717, 1.165) is 7.28 Å². The van der Waals surface area contributed by atoms with Gasteiger partial charge >= 0.3 is 7.12 Å². The van der Waals surface area contributed by atoms with Crippen molar-refractivity contribution in [2.45, 2.75) is 32.4 Å². The zero-order valence-electron chi connectivity index (χ0n) is 10.00. The van der Waals surface area contributed by atoms with Crippen LogP contribution in [0.15, 0.2) is 18.2 Å². The van der Waals surface area contributed by atoms with Crippen molar-refractivity contribution >= 4 is 19.9 Å². The molecule has 0 aromatic heterocycles. The maximum atomic E-state index is 13.8. The van der Waals surface area contributed by atoms with Crippen LogP contribution in [0.1, 0.15) is 26.3 Å². The van der Waals surface area contributed by atoms with Crippen LogP contribution in [0.3, 0.4) is 0 Å². The summed E-state index contributed by atoms with van der Waals surface area (Å²) in [5.74, 6) is -0.498. The molecule has 2 nitrogen and oxygen atoms in total. The molecule has 0 amide bonds. The lowest BCUT2D eigenvalue weighted by molar-refractivity contribution is 0.423. The molecule has 0 spiro atoms. The summed E-state index contributed by atoms with van der Waals surface area (Å²) in [7, 11) is -0.885. The van der Waals surface area contributed by atoms with Crippen LogP contribution < -0.4 is 5.46 Å². The molecule has 1 aromatic rings. The maximum Gasteiger partial charge on any atom is 0.491 e. The predicted octanol–water partition coefficient (Wildman–Crippen LogP) is 0.660. The van der Waals surface area contributed by atoms with Crippen LogP contribution in [-0.4, -0.2) is 24.4 Å². The van der Waals surface area contributed by atoms with Crippen molar-refractivity contribution in [1.82, 2.24) is 0 Å². The van der Waals surface area contributed by atoms with E-state index >= 15 is 0 Å². The van der Waals surface area contributed by atoms with Gasteiger partial charge in [0.15, 0.2) is 0 Å². The predicted molar refractivity (Wildman–Crippen MR) is 66.8 cm³/mol. The van der Waals surface area contributed by atoms with Gasteiger partial charge in [-0.15, -0.1) is 0 Å². The summed E-state index contributed by atoms with van der Waals surface area (Å²) in [6.45, 7) is 6.28. The van der Waals surface area contributed by atoms with Crippen molar-refractivity contribution in [3.05, 3.63) is 29.6 Å². The fraction of sp³-hybridized carbons (Fsp3) is 0.455. The highest BCUT2D eigenvalue weighted by Crippen LogP contribution is 2.21. The smallest absolute Gasteiger partial charge is 0.423 e. The Hall–Kier alpha value is -0.800. The third-order valence-corrected chi connectivity index (χ3v) is 2.53. The van der Waals surface area contributed by atoms with Crippen LogP contribution >= 0.6 is 0 Å². The van der Waals surface area contributed by atoms with E-state index in [1.54, 1.807) is 12.1 Å². The Bertz CT molecular complexity index is 361. The Morgan fingerprint density at radius 2 is 1.94 bits per heavy atom. The van der Waals surface area contributed by atoms with Gasteiger partial charge in [0.2, 0.25) is 0 Å². The molecule has 0 heterocycles. The van der Waals surface area contributed by atoms with Crippen LogP contribution in [-0.2, 0) is 6.32 Å². The number of hydrogen-bond acceptors (Lipinski definition) is 2. The summed E-state index contributed by atoms with van der Waals surface area (Å²) in [4.78, 5) is 0. The molecule has 0 fully saturated rings. The molecule has 0 aliphatic carbocycles. The van der Waals surface area contributed by atoms with E-state index in [-0.39, 0.29) is 10.8 Å². The minimum atomic E-state index is -1.74. The van der Waals surface area contributed by atoms with Gasteiger partial charge in [-0.2, -0.15) is 0 Å². The maximum absolute atomic E-state index is 13.8. The quantitative estimate of drug-likeness (QED) is 0.737. The first-order valence-corrected chi connectivity index (χ1v) is 5.45. The summed E-state index contributed by atoms with van der Waals surface area (Å²) in [6.07, 6.45) is 0.607. The van der Waals surface area contributed by atoms with E-state index in [9.17, 15) is 4.39 Å². The van der Waals surface area contributed by atoms with E-state index in [4.69, 9.17) is 10.0 Å². The summed E-state index contributed by atoms with van der Waals surface area (Å²) < 4.78 is 13.8. The molecule has 0 saturated carbocycles. The lowest BCUT2D eigenvalue weighted by Crippen LogP contribution is -2.33. The van der Waals surface area contributed by atoms with Crippen LogP contribution in [0.25, 0.3) is 0 Å². The van der Waals surface area contributed by atoms with Gasteiger partial charge in [-0.25, -0.2) is 4.39 Å². The lowest BCUT2D eigenvalue weighted by atomic mass is 9.52. The standard InChI is InChI=1S/C11H17B2FO2/c1-11(2,3)12-7-8-5-4-6-9(10(8)14)13(15)16/h4-6,12,15-16H,7H2,1-3H3.